The zero-order chi connectivity index (χ0) is 63.6. The van der Waals surface area contributed by atoms with Gasteiger partial charge in [-0.05, 0) is 94.2 Å². The number of nitrogens with one attached hydrogen (secondary N) is 4. The van der Waals surface area contributed by atoms with Gasteiger partial charge in [-0.15, -0.1) is 0 Å². The van der Waals surface area contributed by atoms with Crippen molar-refractivity contribution in [3.05, 3.63) is 160 Å². The number of amides is 3. The lowest BCUT2D eigenvalue weighted by atomic mass is 10.1. The molecule has 90 heavy (non-hydrogen) atoms. The van der Waals surface area contributed by atoms with Gasteiger partial charge in [0.2, 0.25) is 0 Å². The van der Waals surface area contributed by atoms with Crippen molar-refractivity contribution in [1.29, 1.82) is 0 Å². The van der Waals surface area contributed by atoms with E-state index in [0.717, 1.165) is 37.9 Å². The number of oxime groups is 3. The number of ether oxygens (including phenoxy) is 1. The molecule has 1 saturated heterocycles. The lowest BCUT2D eigenvalue weighted by molar-refractivity contribution is -0.111. The highest BCUT2D eigenvalue weighted by atomic mass is 32.2. The van der Waals surface area contributed by atoms with Crippen molar-refractivity contribution < 1.29 is 72.4 Å². The van der Waals surface area contributed by atoms with E-state index in [1.807, 2.05) is 10.8 Å². The van der Waals surface area contributed by atoms with E-state index in [4.69, 9.17) is 19.6 Å². The van der Waals surface area contributed by atoms with Gasteiger partial charge >= 0.3 is 0 Å². The van der Waals surface area contributed by atoms with E-state index in [2.05, 4.69) is 61.3 Å². The number of aromatic amines is 1. The van der Waals surface area contributed by atoms with Gasteiger partial charge in [-0.3, -0.25) is 30.3 Å². The minimum atomic E-state index is -3.38. The summed E-state index contributed by atoms with van der Waals surface area (Å²) in [5.74, 6) is -1.06. The summed E-state index contributed by atoms with van der Waals surface area (Å²) in [5, 5.41) is 24.7. The van der Waals surface area contributed by atoms with Gasteiger partial charge in [0.1, 0.15) is 12.1 Å². The third kappa shape index (κ3) is 16.4. The number of aromatic nitrogens is 7. The van der Waals surface area contributed by atoms with E-state index < -0.39 is 62.6 Å². The highest BCUT2D eigenvalue weighted by Crippen LogP contribution is 2.36. The molecule has 4 fully saturated rings. The normalized spacial score (nSPS) is 16.4. The Labute approximate surface area is 523 Å². The van der Waals surface area contributed by atoms with Crippen LogP contribution in [-0.2, 0) is 71.5 Å². The number of hydrogen-bond acceptors (Lipinski definition) is 24. The maximum Gasteiger partial charge on any atom is 0.280 e. The molecule has 3 aromatic carbocycles. The molecule has 1 aliphatic heterocycles. The van der Waals surface area contributed by atoms with Crippen LogP contribution >= 0.6 is 34.0 Å². The molecule has 0 bridgehead atoms. The molecule has 3 saturated carbocycles. The van der Waals surface area contributed by atoms with Crippen LogP contribution in [0.5, 0.6) is 0 Å². The van der Waals surface area contributed by atoms with Crippen LogP contribution in [0.15, 0.2) is 146 Å². The first kappa shape index (κ1) is 64.4. The van der Waals surface area contributed by atoms with Gasteiger partial charge in [0.15, 0.2) is 96.5 Å². The molecule has 0 spiro atoms. The number of sulfone groups is 3. The Morgan fingerprint density at radius 1 is 0.567 bits per heavy atom. The molecule has 1 unspecified atom stereocenters. The molecule has 12 rings (SSSR count). The third-order valence-electron chi connectivity index (χ3n) is 13.6. The molecule has 1 atom stereocenters. The van der Waals surface area contributed by atoms with E-state index in [0.29, 0.717) is 102 Å². The van der Waals surface area contributed by atoms with Crippen LogP contribution in [0, 0.1) is 15.4 Å². The molecule has 0 radical (unpaired) electrons. The first-order valence-electron chi connectivity index (χ1n) is 27.3. The van der Waals surface area contributed by atoms with Crippen molar-refractivity contribution in [2.24, 2.45) is 15.5 Å². The Morgan fingerprint density at radius 2 is 0.978 bits per heavy atom. The number of anilines is 3. The SMILES string of the molecule is O=C(Nc1ncc(F)s1)/C(=N/O)c1ccc(S(=O)(=O)C2CC2)cc1.O=C(Nc1ncc(F)s1)/C(=N/OCc1ncc[nH]1)c1ccc(S(=O)(=O)C2CC2)cc1.O=C(Nc1ncc(F)s1)/C(=N/OCc1nccn1C1CCCCO1)c1ccc(S(=O)(=O)C2CC2)cc1. The van der Waals surface area contributed by atoms with Gasteiger partial charge in [-0.1, -0.05) is 85.9 Å². The maximum absolute atomic E-state index is 13.4. The summed E-state index contributed by atoms with van der Waals surface area (Å²) in [4.78, 5) is 71.4. The van der Waals surface area contributed by atoms with Crippen LogP contribution < -0.4 is 16.0 Å². The Balaban J connectivity index is 0.000000152. The second-order valence-electron chi connectivity index (χ2n) is 20.1. The van der Waals surface area contributed by atoms with E-state index in [1.165, 1.54) is 72.8 Å². The molecule has 472 valence electrons. The van der Waals surface area contributed by atoms with Gasteiger partial charge in [0.25, 0.3) is 17.7 Å². The van der Waals surface area contributed by atoms with Gasteiger partial charge in [0.05, 0.1) is 49.0 Å². The summed E-state index contributed by atoms with van der Waals surface area (Å²) in [6.45, 7) is 0.642. The first-order chi connectivity index (χ1) is 43.3. The van der Waals surface area contributed by atoms with Crippen LogP contribution in [0.3, 0.4) is 0 Å². The summed E-state index contributed by atoms with van der Waals surface area (Å²) >= 11 is 1.97. The number of carbonyl (C=O) groups excluding carboxylic acids is 3. The number of benzene rings is 3. The number of carbonyl (C=O) groups is 3. The Kier molecular flexibility index (Phi) is 20.4. The van der Waals surface area contributed by atoms with Gasteiger partial charge in [-0.2, -0.15) is 13.2 Å². The highest BCUT2D eigenvalue weighted by molar-refractivity contribution is 7.93. The van der Waals surface area contributed by atoms with Crippen molar-refractivity contribution in [1.82, 2.24) is 34.5 Å². The average molecular weight is 1350 g/mol. The summed E-state index contributed by atoms with van der Waals surface area (Å²) in [6.07, 6.45) is 16.3. The van der Waals surface area contributed by atoms with E-state index in [9.17, 15) is 52.8 Å². The largest absolute Gasteiger partial charge is 0.410 e. The van der Waals surface area contributed by atoms with Crippen LogP contribution in [0.4, 0.5) is 28.6 Å². The molecule has 3 aliphatic carbocycles. The predicted octanol–water partition coefficient (Wildman–Crippen LogP) is 8.21. The molecular weight excluding hydrogens is 1300 g/mol. The fraction of sp³-hybridized carbons (Fsp3) is 0.291. The van der Waals surface area contributed by atoms with Crippen LogP contribution in [0.25, 0.3) is 0 Å². The lowest BCUT2D eigenvalue weighted by Gasteiger charge is -2.24. The second kappa shape index (κ2) is 28.5. The van der Waals surface area contributed by atoms with Crippen LogP contribution in [0.2, 0.25) is 0 Å². The van der Waals surface area contributed by atoms with E-state index in [1.54, 1.807) is 18.6 Å². The van der Waals surface area contributed by atoms with Crippen molar-refractivity contribution in [2.45, 2.75) is 108 Å². The van der Waals surface area contributed by atoms with Crippen molar-refractivity contribution in [3.63, 3.8) is 0 Å². The molecule has 8 aromatic rings. The van der Waals surface area contributed by atoms with Crippen molar-refractivity contribution in [3.8, 4) is 0 Å². The van der Waals surface area contributed by atoms with E-state index >= 15 is 0 Å². The quantitative estimate of drug-likeness (QED) is 0.0242. The molecular formula is C55H52F3N13O13S6. The maximum atomic E-state index is 13.4. The molecule has 6 heterocycles. The standard InChI is InChI=1S/C23H24FN5O5S2.C18H16FN5O4S2.C14H12FN3O4S2/c24-18-13-26-23(35-18)27-22(30)21(15-4-6-16(7-5-15)36(31,32)17-8-9-17)28-34-14-19-25-10-11-29(19)20-3-1-2-12-33-20;19-14-9-22-18(29-14)23-17(25)16(24-28-10-15-20-7-8-21-15)11-1-3-12(4-2-11)30(26,27)13-5-6-13;15-11-7-16-14(23-11)17-13(19)12(18-20)8-1-3-9(4-2-8)24(21,22)10-5-6-10/h4-7,10-11,13,17,20H,1-3,8-9,12,14H2,(H,26,27,30);1-4,7-9,13H,5-6,10H2,(H,20,21)(H,22,23,25);1-4,7,10,20H,5-6H2,(H,16,17,19)/b28-21+;24-16+;18-12+. The van der Waals surface area contributed by atoms with Crippen molar-refractivity contribution in [2.75, 3.05) is 22.6 Å². The highest BCUT2D eigenvalue weighted by Gasteiger charge is 2.39. The summed E-state index contributed by atoms with van der Waals surface area (Å²) < 4.78 is 121. The molecule has 5 aromatic heterocycles. The Hall–Kier alpha value is -8.61. The number of nitrogens with zero attached hydrogens (tertiary/aromatic N) is 9. The number of H-pyrrole nitrogens is 1. The Morgan fingerprint density at radius 3 is 1.33 bits per heavy atom. The minimum Gasteiger partial charge on any atom is -0.410 e. The van der Waals surface area contributed by atoms with Crippen LogP contribution in [-0.4, -0.2) is 122 Å². The van der Waals surface area contributed by atoms with Crippen molar-refractivity contribution >= 4 is 114 Å². The predicted molar refractivity (Wildman–Crippen MR) is 323 cm³/mol. The number of halogens is 3. The second-order valence-corrected chi connectivity index (χ2v) is 29.7. The first-order valence-corrected chi connectivity index (χ1v) is 34.4. The average Bonchev–Trinajstić information content (AvgIpc) is 1.75. The number of rotatable bonds is 22. The van der Waals surface area contributed by atoms with Crippen LogP contribution in [0.1, 0.15) is 92.4 Å². The molecule has 3 amide bonds. The topological polar surface area (TPSA) is 360 Å². The lowest BCUT2D eigenvalue weighted by Crippen LogP contribution is -2.24. The van der Waals surface area contributed by atoms with Gasteiger partial charge in [0, 0.05) is 48.1 Å². The summed E-state index contributed by atoms with van der Waals surface area (Å²) in [7, 11) is -10.1. The molecule has 35 heteroatoms. The molecule has 4 aliphatic rings. The monoisotopic (exact) mass is 1350 g/mol. The minimum absolute atomic E-state index is 0.0101. The molecule has 5 N–H and O–H groups in total. The fourth-order valence-electron chi connectivity index (χ4n) is 8.56. The van der Waals surface area contributed by atoms with E-state index in [-0.39, 0.29) is 88.0 Å². The fourth-order valence-corrected chi connectivity index (χ4v) is 15.1. The zero-order valence-electron chi connectivity index (χ0n) is 46.7. The Bertz CT molecular complexity index is 4300. The summed E-state index contributed by atoms with van der Waals surface area (Å²) in [5.41, 5.74) is 0.320. The number of imidazole rings is 2. The summed E-state index contributed by atoms with van der Waals surface area (Å²) in [6, 6.07) is 17.2. The third-order valence-corrected chi connectivity index (χ3v) is 22.5. The number of hydrogen-bond donors (Lipinski definition) is 5. The van der Waals surface area contributed by atoms with Gasteiger partial charge < -0.3 is 29.2 Å². The zero-order valence-corrected chi connectivity index (χ0v) is 51.6. The molecule has 26 nitrogen and oxygen atoms in total. The number of thiazole rings is 3. The van der Waals surface area contributed by atoms with Gasteiger partial charge in [-0.25, -0.2) is 50.2 Å². The smallest absolute Gasteiger partial charge is 0.280 e.